The third kappa shape index (κ3) is 7.77. The third-order valence-corrected chi connectivity index (χ3v) is 7.74. The van der Waals surface area contributed by atoms with Crippen molar-refractivity contribution in [3.05, 3.63) is 74.8 Å². The molecule has 0 atom stereocenters. The first-order valence-corrected chi connectivity index (χ1v) is 13.9. The molecule has 0 saturated carbocycles. The molecule has 17 heteroatoms. The maximum atomic E-state index is 12.1. The topological polar surface area (TPSA) is 286 Å². The molecule has 0 aromatic heterocycles. The van der Waals surface area contributed by atoms with Crippen LogP contribution in [0.15, 0.2) is 12.1 Å². The van der Waals surface area contributed by atoms with Gasteiger partial charge in [0.15, 0.2) is 0 Å². The van der Waals surface area contributed by atoms with Gasteiger partial charge in [-0.2, -0.15) is 0 Å². The Kier molecular flexibility index (Phi) is 9.83. The summed E-state index contributed by atoms with van der Waals surface area (Å²) in [5.41, 5.74) is 19.3. The summed E-state index contributed by atoms with van der Waals surface area (Å²) in [5.74, 6) is -0.220. The summed E-state index contributed by atoms with van der Waals surface area (Å²) in [6.07, 6.45) is -1.31. The molecule has 2 aromatic rings. The van der Waals surface area contributed by atoms with Crippen molar-refractivity contribution in [3.63, 3.8) is 0 Å². The van der Waals surface area contributed by atoms with E-state index in [0.717, 1.165) is 0 Å². The van der Waals surface area contributed by atoms with Gasteiger partial charge in [0, 0.05) is 152 Å². The van der Waals surface area contributed by atoms with Crippen LogP contribution >= 0.6 is 0 Å². The smallest absolute Gasteiger partial charge is 0.221 e. The fourth-order valence-corrected chi connectivity index (χ4v) is 4.67. The second-order valence-electron chi connectivity index (χ2n) is 13.8. The number of hydrogen-bond donors (Lipinski definition) is 4. The molecule has 0 fully saturated rings. The van der Waals surface area contributed by atoms with E-state index in [2.05, 4.69) is 0 Å². The Morgan fingerprint density at radius 1 is 0.556 bits per heavy atom. The van der Waals surface area contributed by atoms with Crippen molar-refractivity contribution in [2.24, 2.45) is 0 Å². The minimum atomic E-state index is -1.67. The summed E-state index contributed by atoms with van der Waals surface area (Å²) in [6, 6.07) is 2.74. The van der Waals surface area contributed by atoms with E-state index < -0.39 is 41.8 Å². The summed E-state index contributed by atoms with van der Waals surface area (Å²) in [7, 11) is 0. The van der Waals surface area contributed by atoms with E-state index in [9.17, 15) is 40.5 Å². The molecule has 0 bridgehead atoms. The van der Waals surface area contributed by atoms with Gasteiger partial charge in [-0.1, -0.05) is 0 Å². The van der Waals surface area contributed by atoms with Gasteiger partial charge in [0.1, 0.15) is 11.5 Å². The van der Waals surface area contributed by atoms with Crippen LogP contribution in [0.4, 0.5) is 22.7 Å². The molecule has 2 rings (SSSR count). The van der Waals surface area contributed by atoms with Crippen molar-refractivity contribution >= 4 is 22.7 Å². The lowest BCUT2D eigenvalue weighted by Crippen LogP contribution is -2.37. The van der Waals surface area contributed by atoms with E-state index in [1.54, 1.807) is 0 Å². The van der Waals surface area contributed by atoms with Gasteiger partial charge in [-0.05, 0) is 6.07 Å². The molecule has 0 unspecified atom stereocenters. The Morgan fingerprint density at radius 2 is 0.867 bits per heavy atom. The van der Waals surface area contributed by atoms with Crippen LogP contribution in [0.5, 0.6) is 11.5 Å². The number of hydrogen-bond acceptors (Lipinski definition) is 13. The highest BCUT2D eigenvalue weighted by Crippen LogP contribution is 2.46. The lowest BCUT2D eigenvalue weighted by atomic mass is 9.83. The summed E-state index contributed by atoms with van der Waals surface area (Å²) in [4.78, 5) is 45.7. The van der Waals surface area contributed by atoms with Crippen LogP contribution in [0, 0.1) is 40.5 Å². The van der Waals surface area contributed by atoms with Gasteiger partial charge in [-0.3, -0.25) is 40.5 Å². The molecular formula is C28H42N8O9. The quantitative estimate of drug-likeness (QED) is 0.129. The number of nitrogens with two attached hydrogens (primary N) is 4. The third-order valence-electron chi connectivity index (χ3n) is 7.74. The lowest BCUT2D eigenvalue weighted by molar-refractivity contribution is -0.560. The molecule has 0 spiro atoms. The molecule has 0 heterocycles. The van der Waals surface area contributed by atoms with Gasteiger partial charge < -0.3 is 27.7 Å². The Hall–Kier alpha value is -4.96. The average molecular weight is 635 g/mol. The van der Waals surface area contributed by atoms with Crippen LogP contribution in [0.1, 0.15) is 77.6 Å². The maximum Gasteiger partial charge on any atom is 0.221 e. The Bertz CT molecular complexity index is 1500. The van der Waals surface area contributed by atoms with Crippen LogP contribution in [-0.4, -0.2) is 41.8 Å². The molecule has 2 aromatic carbocycles. The highest BCUT2D eigenvalue weighted by atomic mass is 16.6. The number of benzene rings is 2. The molecule has 0 saturated heterocycles. The molecule has 248 valence electrons. The molecule has 0 amide bonds. The summed E-state index contributed by atoms with van der Waals surface area (Å²) >= 11 is 0. The molecule has 0 aliphatic carbocycles. The SMILES string of the molecule is CC(C)(Cc1c(N)cc(N)cc1Oc1c(CC(C)(C)[N+](=O)[O-])c(N)c(CC(C)(C)[N+](=O)[O-])c(N)c1CC(C)(C)[N+](=O)[O-])[N+](=O)[O-]. The van der Waals surface area contributed by atoms with Gasteiger partial charge in [0.25, 0.3) is 0 Å². The first kappa shape index (κ1) is 36.2. The van der Waals surface area contributed by atoms with Crippen molar-refractivity contribution < 1.29 is 24.4 Å². The zero-order valence-corrected chi connectivity index (χ0v) is 26.8. The fraction of sp³-hybridized carbons (Fsp3) is 0.571. The number of nitrogens with zero attached hydrogens (tertiary/aromatic N) is 4. The monoisotopic (exact) mass is 634 g/mol. The highest BCUT2D eigenvalue weighted by Gasteiger charge is 2.41. The predicted molar refractivity (Wildman–Crippen MR) is 170 cm³/mol. The predicted octanol–water partition coefficient (Wildman–Crippen LogP) is 4.20. The van der Waals surface area contributed by atoms with Gasteiger partial charge in [-0.25, -0.2) is 0 Å². The second-order valence-corrected chi connectivity index (χ2v) is 13.8. The van der Waals surface area contributed by atoms with Crippen molar-refractivity contribution in [2.45, 2.75) is 103 Å². The van der Waals surface area contributed by atoms with Crippen molar-refractivity contribution in [1.29, 1.82) is 0 Å². The minimum Gasteiger partial charge on any atom is -0.456 e. The van der Waals surface area contributed by atoms with Crippen LogP contribution in [-0.2, 0) is 25.7 Å². The maximum absolute atomic E-state index is 12.1. The zero-order chi connectivity index (χ0) is 35.0. The first-order chi connectivity index (χ1) is 20.2. The van der Waals surface area contributed by atoms with Crippen LogP contribution in [0.2, 0.25) is 0 Å². The first-order valence-electron chi connectivity index (χ1n) is 13.9. The minimum absolute atomic E-state index is 0.0229. The van der Waals surface area contributed by atoms with Crippen LogP contribution in [0.25, 0.3) is 0 Å². The van der Waals surface area contributed by atoms with E-state index in [-0.39, 0.29) is 82.2 Å². The van der Waals surface area contributed by atoms with Gasteiger partial charge in [0.05, 0.1) is 0 Å². The van der Waals surface area contributed by atoms with Gasteiger partial charge >= 0.3 is 0 Å². The zero-order valence-electron chi connectivity index (χ0n) is 26.8. The van der Waals surface area contributed by atoms with E-state index >= 15 is 0 Å². The number of anilines is 4. The summed E-state index contributed by atoms with van der Waals surface area (Å²) in [6.45, 7) is 10.8. The number of rotatable bonds is 14. The molecule has 45 heavy (non-hydrogen) atoms. The van der Waals surface area contributed by atoms with E-state index in [1.807, 2.05) is 0 Å². The molecule has 0 aliphatic heterocycles. The number of nitrogen functional groups attached to an aromatic ring is 4. The molecular weight excluding hydrogens is 592 g/mol. The number of nitro groups is 4. The second kappa shape index (κ2) is 12.2. The Labute approximate surface area is 259 Å². The average Bonchev–Trinajstić information content (AvgIpc) is 2.88. The number of ether oxygens (including phenoxy) is 1. The van der Waals surface area contributed by atoms with Crippen LogP contribution < -0.4 is 27.7 Å². The lowest BCUT2D eigenvalue weighted by Gasteiger charge is -2.29. The van der Waals surface area contributed by atoms with Gasteiger partial charge in [-0.15, -0.1) is 0 Å². The van der Waals surface area contributed by atoms with Crippen molar-refractivity contribution in [3.8, 4) is 11.5 Å². The van der Waals surface area contributed by atoms with Crippen molar-refractivity contribution in [2.75, 3.05) is 22.9 Å². The van der Waals surface area contributed by atoms with Crippen molar-refractivity contribution in [1.82, 2.24) is 0 Å². The highest BCUT2D eigenvalue weighted by molar-refractivity contribution is 5.76. The van der Waals surface area contributed by atoms with Gasteiger partial charge in [0.2, 0.25) is 22.2 Å². The molecule has 17 nitrogen and oxygen atoms in total. The summed E-state index contributed by atoms with van der Waals surface area (Å²) in [5, 5.41) is 47.8. The fourth-order valence-electron chi connectivity index (χ4n) is 4.67. The normalized spacial score (nSPS) is 12.5. The van der Waals surface area contributed by atoms with E-state index in [0.29, 0.717) is 0 Å². The Balaban J connectivity index is 3.13. The molecule has 8 N–H and O–H groups in total. The van der Waals surface area contributed by atoms with E-state index in [1.165, 1.54) is 67.5 Å². The van der Waals surface area contributed by atoms with Crippen LogP contribution in [0.3, 0.4) is 0 Å². The standard InChI is InChI=1S/C28H42N8O9/c1-25(2,33(37)38)11-16-20(30)9-15(29)10-21(16)45-24-18(13-27(5,6)35(41)42)22(31)17(12-26(3,4)34(39)40)23(32)19(24)14-28(7,8)36(43)44/h9-10H,11-14,29-32H2,1-8H3. The van der Waals surface area contributed by atoms with E-state index in [4.69, 9.17) is 27.7 Å². The largest absolute Gasteiger partial charge is 0.456 e. The summed E-state index contributed by atoms with van der Waals surface area (Å²) < 4.78 is 6.38. The Morgan fingerprint density at radius 3 is 1.20 bits per heavy atom. The molecule has 0 aliphatic rings. The molecule has 0 radical (unpaired) electrons.